The first kappa shape index (κ1) is 18.1. The molecule has 0 saturated carbocycles. The minimum atomic E-state index is -1.18. The van der Waals surface area contributed by atoms with Crippen molar-refractivity contribution >= 4 is 23.7 Å². The molecule has 0 saturated heterocycles. The maximum Gasteiger partial charge on any atom is 0.344 e. The zero-order valence-electron chi connectivity index (χ0n) is 12.8. The Bertz CT molecular complexity index is 596. The summed E-state index contributed by atoms with van der Waals surface area (Å²) in [4.78, 5) is 44.8. The molecule has 0 aromatic heterocycles. The number of carbonyl (C=O) groups is 4. The van der Waals surface area contributed by atoms with E-state index in [9.17, 15) is 19.2 Å². The predicted molar refractivity (Wildman–Crippen MR) is 79.8 cm³/mol. The average Bonchev–Trinajstić information content (AvgIpc) is 2.52. The molecule has 0 spiro atoms. The van der Waals surface area contributed by atoms with Crippen molar-refractivity contribution in [3.05, 3.63) is 29.8 Å². The van der Waals surface area contributed by atoms with Crippen molar-refractivity contribution in [2.75, 3.05) is 6.61 Å². The van der Waals surface area contributed by atoms with Gasteiger partial charge in [-0.2, -0.15) is 0 Å². The number of amides is 3. The summed E-state index contributed by atoms with van der Waals surface area (Å²) in [5.41, 5.74) is 5.33. The van der Waals surface area contributed by atoms with E-state index in [-0.39, 0.29) is 5.78 Å². The molecular weight excluding hydrogens is 304 g/mol. The zero-order chi connectivity index (χ0) is 17.4. The number of ether oxygens (including phenoxy) is 2. The Morgan fingerprint density at radius 1 is 1.17 bits per heavy atom. The molecule has 0 bridgehead atoms. The van der Waals surface area contributed by atoms with Gasteiger partial charge in [0.15, 0.2) is 18.5 Å². The molecule has 1 rings (SSSR count). The highest BCUT2D eigenvalue weighted by molar-refractivity contribution is 5.96. The van der Waals surface area contributed by atoms with Gasteiger partial charge < -0.3 is 15.2 Å². The molecule has 3 amide bonds. The third-order valence-electron chi connectivity index (χ3n) is 2.78. The Kier molecular flexibility index (Phi) is 6.72. The van der Waals surface area contributed by atoms with E-state index in [0.29, 0.717) is 17.7 Å². The molecule has 1 aromatic carbocycles. The van der Waals surface area contributed by atoms with E-state index in [1.807, 2.05) is 0 Å². The number of hydrogen-bond acceptors (Lipinski definition) is 6. The Morgan fingerprint density at radius 3 is 2.30 bits per heavy atom. The topological polar surface area (TPSA) is 125 Å². The molecule has 1 atom stereocenters. The smallest absolute Gasteiger partial charge is 0.344 e. The molecule has 0 heterocycles. The van der Waals surface area contributed by atoms with Crippen LogP contribution in [0.25, 0.3) is 0 Å². The lowest BCUT2D eigenvalue weighted by Crippen LogP contribution is -2.42. The number of urea groups is 1. The number of esters is 1. The van der Waals surface area contributed by atoms with E-state index in [1.165, 1.54) is 6.92 Å². The van der Waals surface area contributed by atoms with E-state index in [0.717, 1.165) is 0 Å². The fourth-order valence-corrected chi connectivity index (χ4v) is 1.59. The highest BCUT2D eigenvalue weighted by Crippen LogP contribution is 2.13. The molecule has 0 fully saturated rings. The van der Waals surface area contributed by atoms with Crippen LogP contribution in [-0.4, -0.2) is 36.4 Å². The molecule has 0 aliphatic rings. The number of benzene rings is 1. The number of rotatable bonds is 7. The van der Waals surface area contributed by atoms with Crippen molar-refractivity contribution in [1.82, 2.24) is 5.32 Å². The molecule has 0 aliphatic carbocycles. The first-order valence-electron chi connectivity index (χ1n) is 6.89. The fourth-order valence-electron chi connectivity index (χ4n) is 1.59. The largest absolute Gasteiger partial charge is 0.482 e. The maximum absolute atomic E-state index is 11.5. The van der Waals surface area contributed by atoms with Gasteiger partial charge in [-0.1, -0.05) is 6.92 Å². The van der Waals surface area contributed by atoms with E-state index in [2.05, 4.69) is 0 Å². The standard InChI is InChI=1S/C15H18N2O6/c1-3-12(18)10-4-6-11(7-5-10)22-8-13(19)23-9(2)14(20)17-15(16)21/h4-7,9H,3,8H2,1-2H3,(H3,16,17,20,21)/t9-/m1/s1. The van der Waals surface area contributed by atoms with Gasteiger partial charge in [0, 0.05) is 12.0 Å². The molecule has 0 aliphatic heterocycles. The molecule has 1 aromatic rings. The van der Waals surface area contributed by atoms with Crippen LogP contribution in [0.2, 0.25) is 0 Å². The number of primary amides is 1. The lowest BCUT2D eigenvalue weighted by molar-refractivity contribution is -0.156. The Hall–Kier alpha value is -2.90. The SMILES string of the molecule is CCC(=O)c1ccc(OCC(=O)O[C@H](C)C(=O)NC(N)=O)cc1. The molecule has 0 unspecified atom stereocenters. The summed E-state index contributed by atoms with van der Waals surface area (Å²) in [5.74, 6) is -1.23. The van der Waals surface area contributed by atoms with Crippen LogP contribution in [-0.2, 0) is 14.3 Å². The van der Waals surface area contributed by atoms with Crippen molar-refractivity contribution in [2.45, 2.75) is 26.4 Å². The van der Waals surface area contributed by atoms with E-state index in [4.69, 9.17) is 15.2 Å². The van der Waals surface area contributed by atoms with Crippen molar-refractivity contribution in [2.24, 2.45) is 5.73 Å². The minimum Gasteiger partial charge on any atom is -0.482 e. The van der Waals surface area contributed by atoms with Crippen molar-refractivity contribution < 1.29 is 28.7 Å². The molecule has 8 heteroatoms. The third-order valence-corrected chi connectivity index (χ3v) is 2.78. The van der Waals surface area contributed by atoms with Crippen LogP contribution in [0.1, 0.15) is 30.6 Å². The van der Waals surface area contributed by atoms with Gasteiger partial charge in [0.05, 0.1) is 0 Å². The van der Waals surface area contributed by atoms with Crippen LogP contribution in [0.3, 0.4) is 0 Å². The monoisotopic (exact) mass is 322 g/mol. The van der Waals surface area contributed by atoms with Gasteiger partial charge in [-0.3, -0.25) is 14.9 Å². The van der Waals surface area contributed by atoms with Crippen LogP contribution in [0.5, 0.6) is 5.75 Å². The summed E-state index contributed by atoms with van der Waals surface area (Å²) in [6.45, 7) is 2.63. The van der Waals surface area contributed by atoms with Crippen molar-refractivity contribution in [3.8, 4) is 5.75 Å². The molecule has 124 valence electrons. The van der Waals surface area contributed by atoms with Crippen LogP contribution in [0.15, 0.2) is 24.3 Å². The van der Waals surface area contributed by atoms with Gasteiger partial charge in [-0.25, -0.2) is 9.59 Å². The molecule has 3 N–H and O–H groups in total. The van der Waals surface area contributed by atoms with Gasteiger partial charge in [-0.15, -0.1) is 0 Å². The van der Waals surface area contributed by atoms with Crippen LogP contribution < -0.4 is 15.8 Å². The summed E-state index contributed by atoms with van der Waals surface area (Å²) < 4.78 is 9.96. The second-order valence-electron chi connectivity index (χ2n) is 4.58. The summed E-state index contributed by atoms with van der Waals surface area (Å²) in [6, 6.07) is 5.26. The number of nitrogens with one attached hydrogen (secondary N) is 1. The normalized spacial score (nSPS) is 11.2. The first-order chi connectivity index (χ1) is 10.8. The summed E-state index contributed by atoms with van der Waals surface area (Å²) >= 11 is 0. The summed E-state index contributed by atoms with van der Waals surface area (Å²) in [7, 11) is 0. The highest BCUT2D eigenvalue weighted by Gasteiger charge is 2.19. The lowest BCUT2D eigenvalue weighted by atomic mass is 10.1. The van der Waals surface area contributed by atoms with Gasteiger partial charge in [0.25, 0.3) is 5.91 Å². The Morgan fingerprint density at radius 2 is 1.78 bits per heavy atom. The Balaban J connectivity index is 2.45. The second-order valence-corrected chi connectivity index (χ2v) is 4.58. The van der Waals surface area contributed by atoms with Crippen molar-refractivity contribution in [1.29, 1.82) is 0 Å². The highest BCUT2D eigenvalue weighted by atomic mass is 16.6. The third kappa shape index (κ3) is 6.16. The van der Waals surface area contributed by atoms with Gasteiger partial charge in [0.2, 0.25) is 0 Å². The second kappa shape index (κ2) is 8.52. The Labute approximate surface area is 132 Å². The van der Waals surface area contributed by atoms with Gasteiger partial charge in [-0.05, 0) is 31.2 Å². The molecule has 23 heavy (non-hydrogen) atoms. The number of Topliss-reactive ketones (excluding diaryl/α,β-unsaturated/α-hetero) is 1. The first-order valence-corrected chi connectivity index (χ1v) is 6.89. The summed E-state index contributed by atoms with van der Waals surface area (Å²) in [6.07, 6.45) is -0.777. The summed E-state index contributed by atoms with van der Waals surface area (Å²) in [5, 5.41) is 1.79. The lowest BCUT2D eigenvalue weighted by Gasteiger charge is -2.12. The number of carbonyl (C=O) groups excluding carboxylic acids is 4. The number of ketones is 1. The molecular formula is C15H18N2O6. The van der Waals surface area contributed by atoms with E-state index in [1.54, 1.807) is 36.5 Å². The van der Waals surface area contributed by atoms with E-state index >= 15 is 0 Å². The maximum atomic E-state index is 11.5. The number of hydrogen-bond donors (Lipinski definition) is 2. The van der Waals surface area contributed by atoms with Crippen LogP contribution >= 0.6 is 0 Å². The zero-order valence-corrected chi connectivity index (χ0v) is 12.8. The van der Waals surface area contributed by atoms with Crippen LogP contribution in [0.4, 0.5) is 4.79 Å². The fraction of sp³-hybridized carbons (Fsp3) is 0.333. The number of imide groups is 1. The average molecular weight is 322 g/mol. The quantitative estimate of drug-likeness (QED) is 0.564. The predicted octanol–water partition coefficient (Wildman–Crippen LogP) is 0.785. The van der Waals surface area contributed by atoms with Crippen molar-refractivity contribution in [3.63, 3.8) is 0 Å². The van der Waals surface area contributed by atoms with Gasteiger partial charge in [0.1, 0.15) is 5.75 Å². The van der Waals surface area contributed by atoms with Crippen LogP contribution in [0, 0.1) is 0 Å². The van der Waals surface area contributed by atoms with Gasteiger partial charge >= 0.3 is 12.0 Å². The molecule has 8 nitrogen and oxygen atoms in total. The molecule has 0 radical (unpaired) electrons. The minimum absolute atomic E-state index is 0.00486. The van der Waals surface area contributed by atoms with E-state index < -0.39 is 30.6 Å². The number of nitrogens with two attached hydrogens (primary N) is 1.